The van der Waals surface area contributed by atoms with Crippen LogP contribution in [-0.2, 0) is 0 Å². The van der Waals surface area contributed by atoms with Gasteiger partial charge in [0.25, 0.3) is 0 Å². The van der Waals surface area contributed by atoms with Crippen molar-refractivity contribution in [3.63, 3.8) is 0 Å². The number of benzene rings is 1. The molecule has 0 heterocycles. The molecule has 0 aliphatic heterocycles. The summed E-state index contributed by atoms with van der Waals surface area (Å²) >= 11 is 0. The van der Waals surface area contributed by atoms with E-state index < -0.39 is 0 Å². The zero-order valence-electron chi connectivity index (χ0n) is 13.3. The van der Waals surface area contributed by atoms with Crippen molar-refractivity contribution in [2.75, 3.05) is 5.32 Å². The van der Waals surface area contributed by atoms with E-state index in [9.17, 15) is 9.90 Å². The van der Waals surface area contributed by atoms with Gasteiger partial charge in [0.1, 0.15) is 0 Å². The summed E-state index contributed by atoms with van der Waals surface area (Å²) in [7, 11) is 0. The van der Waals surface area contributed by atoms with Gasteiger partial charge in [-0.15, -0.1) is 0 Å². The van der Waals surface area contributed by atoms with Crippen molar-refractivity contribution in [3.05, 3.63) is 42.2 Å². The maximum Gasteiger partial charge on any atom is 0.319 e. The number of anilines is 1. The third-order valence-corrected chi connectivity index (χ3v) is 4.32. The fraction of sp³-hybridized carbons (Fsp3) is 0.500. The van der Waals surface area contributed by atoms with Crippen LogP contribution in [-0.4, -0.2) is 17.2 Å². The Morgan fingerprint density at radius 1 is 1.14 bits per heavy atom. The van der Waals surface area contributed by atoms with Gasteiger partial charge in [-0.1, -0.05) is 50.0 Å². The highest BCUT2D eigenvalue weighted by atomic mass is 16.3. The summed E-state index contributed by atoms with van der Waals surface area (Å²) in [5.74, 6) is 0.131. The summed E-state index contributed by atoms with van der Waals surface area (Å²) < 4.78 is 0. The van der Waals surface area contributed by atoms with Crippen LogP contribution >= 0.6 is 0 Å². The van der Waals surface area contributed by atoms with E-state index in [-0.39, 0.29) is 23.8 Å². The van der Waals surface area contributed by atoms with E-state index in [1.807, 2.05) is 31.2 Å². The number of hydrogen-bond donors (Lipinski definition) is 3. The van der Waals surface area contributed by atoms with Crippen LogP contribution in [0.15, 0.2) is 36.6 Å². The number of carbonyl (C=O) groups is 1. The second-order valence-corrected chi connectivity index (χ2v) is 6.16. The molecule has 0 bridgehead atoms. The Morgan fingerprint density at radius 3 is 2.41 bits per heavy atom. The van der Waals surface area contributed by atoms with Crippen LogP contribution in [0.2, 0.25) is 0 Å². The van der Waals surface area contributed by atoms with Crippen molar-refractivity contribution < 1.29 is 9.90 Å². The molecule has 1 aromatic carbocycles. The van der Waals surface area contributed by atoms with Crippen LogP contribution in [0.4, 0.5) is 10.5 Å². The molecule has 2 atom stereocenters. The van der Waals surface area contributed by atoms with Crippen molar-refractivity contribution in [1.29, 1.82) is 0 Å². The Kier molecular flexibility index (Phi) is 5.87. The average molecular weight is 302 g/mol. The molecule has 4 heteroatoms. The molecule has 1 saturated carbocycles. The number of rotatable bonds is 3. The second-order valence-electron chi connectivity index (χ2n) is 6.16. The first-order chi connectivity index (χ1) is 10.6. The first kappa shape index (κ1) is 16.4. The quantitative estimate of drug-likeness (QED) is 0.718. The summed E-state index contributed by atoms with van der Waals surface area (Å²) in [6.45, 7) is 5.70. The highest BCUT2D eigenvalue weighted by Gasteiger charge is 2.26. The Hall–Kier alpha value is -1.97. The maximum atomic E-state index is 12.2. The smallest absolute Gasteiger partial charge is 0.319 e. The van der Waals surface area contributed by atoms with Crippen molar-refractivity contribution in [1.82, 2.24) is 5.32 Å². The molecule has 4 nitrogen and oxygen atoms in total. The minimum Gasteiger partial charge on any atom is -0.513 e. The zero-order valence-corrected chi connectivity index (χ0v) is 13.3. The lowest BCUT2D eigenvalue weighted by Gasteiger charge is -2.29. The molecule has 0 spiro atoms. The second kappa shape index (κ2) is 7.87. The maximum absolute atomic E-state index is 12.2. The van der Waals surface area contributed by atoms with Crippen LogP contribution < -0.4 is 10.6 Å². The molecule has 0 radical (unpaired) electrons. The first-order valence-electron chi connectivity index (χ1n) is 8.08. The number of hydrogen-bond acceptors (Lipinski definition) is 2. The van der Waals surface area contributed by atoms with Gasteiger partial charge in [-0.25, -0.2) is 4.79 Å². The summed E-state index contributed by atoms with van der Waals surface area (Å²) in [6.07, 6.45) is 6.27. The Bertz CT molecular complexity index is 510. The van der Waals surface area contributed by atoms with Crippen LogP contribution in [0.25, 0.3) is 0 Å². The molecule has 3 N–H and O–H groups in total. The van der Waals surface area contributed by atoms with Crippen molar-refractivity contribution in [2.45, 2.75) is 51.5 Å². The number of amides is 2. The fourth-order valence-corrected chi connectivity index (χ4v) is 3.03. The van der Waals surface area contributed by atoms with E-state index in [0.29, 0.717) is 0 Å². The lowest BCUT2D eigenvalue weighted by atomic mass is 9.86. The van der Waals surface area contributed by atoms with Gasteiger partial charge in [-0.3, -0.25) is 0 Å². The summed E-state index contributed by atoms with van der Waals surface area (Å²) in [5, 5.41) is 15.7. The van der Waals surface area contributed by atoms with E-state index in [1.165, 1.54) is 12.8 Å². The molecular weight excluding hydrogens is 276 g/mol. The fourth-order valence-electron chi connectivity index (χ4n) is 3.03. The summed E-state index contributed by atoms with van der Waals surface area (Å²) in [6, 6.07) is 7.42. The topological polar surface area (TPSA) is 61.4 Å². The van der Waals surface area contributed by atoms with E-state index in [4.69, 9.17) is 0 Å². The molecule has 1 aliphatic rings. The van der Waals surface area contributed by atoms with Gasteiger partial charge in [0.05, 0.1) is 5.76 Å². The molecule has 2 rings (SSSR count). The monoisotopic (exact) mass is 302 g/mol. The number of carbonyl (C=O) groups excluding carboxylic acids is 1. The van der Waals surface area contributed by atoms with Gasteiger partial charge in [-0.2, -0.15) is 0 Å². The Balaban J connectivity index is 1.97. The standard InChI is InChI=1S/C18H26N2O2/c1-13-9-11-15(12-10-13)19-18(22)20-17-8-6-4-3-5-7-16(17)14(2)21/h9-12,16-17,21H,2-8H2,1H3,(H2,19,20,22). The highest BCUT2D eigenvalue weighted by molar-refractivity contribution is 5.89. The van der Waals surface area contributed by atoms with Crippen molar-refractivity contribution in [3.8, 4) is 0 Å². The molecule has 0 aromatic heterocycles. The third kappa shape index (κ3) is 4.79. The molecular formula is C18H26N2O2. The van der Waals surface area contributed by atoms with Crippen molar-refractivity contribution >= 4 is 11.7 Å². The highest BCUT2D eigenvalue weighted by Crippen LogP contribution is 2.26. The number of aliphatic hydroxyl groups excluding tert-OH is 1. The average Bonchev–Trinajstić information content (AvgIpc) is 2.44. The third-order valence-electron chi connectivity index (χ3n) is 4.32. The van der Waals surface area contributed by atoms with Crippen LogP contribution in [0.1, 0.15) is 44.1 Å². The molecule has 1 aliphatic carbocycles. The van der Waals surface area contributed by atoms with Gasteiger partial charge in [0.2, 0.25) is 0 Å². The van der Waals surface area contributed by atoms with E-state index in [1.54, 1.807) is 0 Å². The summed E-state index contributed by atoms with van der Waals surface area (Å²) in [5.41, 5.74) is 1.93. The first-order valence-corrected chi connectivity index (χ1v) is 8.08. The Labute approximate surface area is 132 Å². The van der Waals surface area contributed by atoms with Gasteiger partial charge >= 0.3 is 6.03 Å². The van der Waals surface area contributed by atoms with E-state index in [0.717, 1.165) is 36.9 Å². The molecule has 22 heavy (non-hydrogen) atoms. The van der Waals surface area contributed by atoms with Gasteiger partial charge < -0.3 is 15.7 Å². The van der Waals surface area contributed by atoms with Gasteiger partial charge in [0, 0.05) is 17.6 Å². The van der Waals surface area contributed by atoms with Gasteiger partial charge in [-0.05, 0) is 31.9 Å². The normalized spacial score (nSPS) is 22.2. The van der Waals surface area contributed by atoms with E-state index >= 15 is 0 Å². The molecule has 2 amide bonds. The summed E-state index contributed by atoms with van der Waals surface area (Å²) in [4.78, 5) is 12.2. The predicted molar refractivity (Wildman–Crippen MR) is 90.1 cm³/mol. The molecule has 120 valence electrons. The molecule has 2 unspecified atom stereocenters. The number of nitrogens with one attached hydrogen (secondary N) is 2. The Morgan fingerprint density at radius 2 is 1.77 bits per heavy atom. The van der Waals surface area contributed by atoms with Crippen LogP contribution in [0.3, 0.4) is 0 Å². The predicted octanol–water partition coefficient (Wildman–Crippen LogP) is 4.53. The van der Waals surface area contributed by atoms with Crippen LogP contribution in [0, 0.1) is 12.8 Å². The SMILES string of the molecule is C=C(O)C1CCCCCCC1NC(=O)Nc1ccc(C)cc1. The largest absolute Gasteiger partial charge is 0.513 e. The lowest BCUT2D eigenvalue weighted by Crippen LogP contribution is -2.43. The molecule has 1 aromatic rings. The lowest BCUT2D eigenvalue weighted by molar-refractivity contribution is 0.222. The number of urea groups is 1. The molecule has 1 fully saturated rings. The van der Waals surface area contributed by atoms with E-state index in [2.05, 4.69) is 17.2 Å². The van der Waals surface area contributed by atoms with Crippen LogP contribution in [0.5, 0.6) is 0 Å². The van der Waals surface area contributed by atoms with Crippen molar-refractivity contribution in [2.24, 2.45) is 5.92 Å². The van der Waals surface area contributed by atoms with Gasteiger partial charge in [0.15, 0.2) is 0 Å². The molecule has 0 saturated heterocycles. The minimum absolute atomic E-state index is 0.0518. The zero-order chi connectivity index (χ0) is 15.9. The number of aliphatic hydroxyl groups is 1. The number of aryl methyl sites for hydroxylation is 1. The minimum atomic E-state index is -0.222.